The van der Waals surface area contributed by atoms with Gasteiger partial charge in [0.1, 0.15) is 36.1 Å². The molecule has 0 bridgehead atoms. The van der Waals surface area contributed by atoms with E-state index in [0.29, 0.717) is 5.56 Å². The van der Waals surface area contributed by atoms with Crippen LogP contribution in [0.5, 0.6) is 5.75 Å². The van der Waals surface area contributed by atoms with E-state index < -0.39 is 24.4 Å². The molecular weight excluding hydrogens is 299 g/mol. The molecule has 1 unspecified atom stereocenters. The van der Waals surface area contributed by atoms with Crippen molar-refractivity contribution in [1.29, 1.82) is 5.26 Å². The SMILES string of the molecule is CC(CF)(C(=O)N1CCOc2c(C#N)cncc2C1)C(F)F. The smallest absolute Gasteiger partial charge is 0.255 e. The topological polar surface area (TPSA) is 66.2 Å². The highest BCUT2D eigenvalue weighted by molar-refractivity contribution is 5.83. The van der Waals surface area contributed by atoms with Crippen LogP contribution in [0.3, 0.4) is 0 Å². The maximum Gasteiger partial charge on any atom is 0.255 e. The quantitative estimate of drug-likeness (QED) is 0.855. The second-order valence-corrected chi connectivity index (χ2v) is 5.21. The van der Waals surface area contributed by atoms with Gasteiger partial charge in [0.2, 0.25) is 5.91 Å². The third kappa shape index (κ3) is 2.71. The molecule has 8 heteroatoms. The number of amides is 1. The number of hydrogen-bond donors (Lipinski definition) is 0. The molecule has 22 heavy (non-hydrogen) atoms. The van der Waals surface area contributed by atoms with Gasteiger partial charge in [-0.05, 0) is 6.92 Å². The molecule has 0 saturated heterocycles. The molecule has 1 amide bonds. The van der Waals surface area contributed by atoms with Gasteiger partial charge in [-0.3, -0.25) is 9.78 Å². The van der Waals surface area contributed by atoms with Crippen molar-refractivity contribution in [2.24, 2.45) is 5.41 Å². The molecule has 2 rings (SSSR count). The minimum atomic E-state index is -3.11. The summed E-state index contributed by atoms with van der Waals surface area (Å²) in [5.41, 5.74) is -1.75. The van der Waals surface area contributed by atoms with Crippen LogP contribution >= 0.6 is 0 Å². The number of fused-ring (bicyclic) bond motifs is 1. The molecule has 0 radical (unpaired) electrons. The van der Waals surface area contributed by atoms with Crippen LogP contribution in [-0.2, 0) is 11.3 Å². The summed E-state index contributed by atoms with van der Waals surface area (Å²) in [6.45, 7) is -0.552. The monoisotopic (exact) mass is 313 g/mol. The van der Waals surface area contributed by atoms with E-state index in [1.54, 1.807) is 0 Å². The molecule has 0 saturated carbocycles. The molecule has 0 N–H and O–H groups in total. The molecule has 0 fully saturated rings. The van der Waals surface area contributed by atoms with Crippen LogP contribution in [0.15, 0.2) is 12.4 Å². The zero-order chi connectivity index (χ0) is 16.3. The Hall–Kier alpha value is -2.30. The van der Waals surface area contributed by atoms with E-state index in [4.69, 9.17) is 10.00 Å². The van der Waals surface area contributed by atoms with Crippen molar-refractivity contribution in [2.75, 3.05) is 19.8 Å². The molecule has 0 aliphatic carbocycles. The highest BCUT2D eigenvalue weighted by atomic mass is 19.3. The molecule has 2 heterocycles. The molecule has 1 aliphatic heterocycles. The van der Waals surface area contributed by atoms with Crippen LogP contribution < -0.4 is 4.74 Å². The van der Waals surface area contributed by atoms with E-state index in [1.165, 1.54) is 12.4 Å². The van der Waals surface area contributed by atoms with Gasteiger partial charge in [0, 0.05) is 18.0 Å². The van der Waals surface area contributed by atoms with Crippen LogP contribution in [0, 0.1) is 16.7 Å². The lowest BCUT2D eigenvalue weighted by Crippen LogP contribution is -2.48. The Balaban J connectivity index is 2.32. The summed E-state index contributed by atoms with van der Waals surface area (Å²) in [7, 11) is 0. The first-order chi connectivity index (χ1) is 10.4. The summed E-state index contributed by atoms with van der Waals surface area (Å²) >= 11 is 0. The lowest BCUT2D eigenvalue weighted by Gasteiger charge is -2.31. The standard InChI is InChI=1S/C14H14F3N3O2/c1-14(8-15,12(16)17)13(21)20-2-3-22-11-9(4-18)5-19-6-10(11)7-20/h5-6,12H,2-3,7-8H2,1H3. The number of ether oxygens (including phenoxy) is 1. The van der Waals surface area contributed by atoms with Gasteiger partial charge < -0.3 is 9.64 Å². The van der Waals surface area contributed by atoms with Crippen LogP contribution in [0.2, 0.25) is 0 Å². The van der Waals surface area contributed by atoms with Gasteiger partial charge in [-0.15, -0.1) is 0 Å². The first kappa shape index (κ1) is 16.1. The highest BCUT2D eigenvalue weighted by Crippen LogP contribution is 2.32. The summed E-state index contributed by atoms with van der Waals surface area (Å²) in [6.07, 6.45) is -0.393. The number of carbonyl (C=O) groups excluding carboxylic acids is 1. The van der Waals surface area contributed by atoms with Gasteiger partial charge >= 0.3 is 0 Å². The highest BCUT2D eigenvalue weighted by Gasteiger charge is 2.45. The van der Waals surface area contributed by atoms with E-state index in [0.717, 1.165) is 11.8 Å². The summed E-state index contributed by atoms with van der Waals surface area (Å²) in [5.74, 6) is -0.699. The van der Waals surface area contributed by atoms with Crippen molar-refractivity contribution >= 4 is 5.91 Å². The lowest BCUT2D eigenvalue weighted by molar-refractivity contribution is -0.153. The first-order valence-corrected chi connectivity index (χ1v) is 6.57. The number of nitriles is 1. The number of aromatic nitrogens is 1. The predicted molar refractivity (Wildman–Crippen MR) is 70.0 cm³/mol. The fourth-order valence-electron chi connectivity index (χ4n) is 2.14. The van der Waals surface area contributed by atoms with Gasteiger partial charge in [0.15, 0.2) is 0 Å². The number of hydrogen-bond acceptors (Lipinski definition) is 4. The maximum atomic E-state index is 13.0. The van der Waals surface area contributed by atoms with Crippen molar-refractivity contribution < 1.29 is 22.7 Å². The maximum absolute atomic E-state index is 13.0. The number of rotatable bonds is 3. The molecule has 0 spiro atoms. The second kappa shape index (κ2) is 6.22. The third-order valence-corrected chi connectivity index (χ3v) is 3.59. The summed E-state index contributed by atoms with van der Waals surface area (Å²) in [5, 5.41) is 9.00. The average molecular weight is 313 g/mol. The van der Waals surface area contributed by atoms with Crippen molar-refractivity contribution in [3.05, 3.63) is 23.5 Å². The van der Waals surface area contributed by atoms with Crippen molar-refractivity contribution in [3.63, 3.8) is 0 Å². The number of carbonyl (C=O) groups is 1. The third-order valence-electron chi connectivity index (χ3n) is 3.59. The van der Waals surface area contributed by atoms with E-state index >= 15 is 0 Å². The van der Waals surface area contributed by atoms with Gasteiger partial charge in [-0.1, -0.05) is 0 Å². The van der Waals surface area contributed by atoms with Crippen LogP contribution in [0.1, 0.15) is 18.1 Å². The normalized spacial score (nSPS) is 17.0. The molecular formula is C14H14F3N3O2. The fraction of sp³-hybridized carbons (Fsp3) is 0.500. The number of alkyl halides is 3. The minimum Gasteiger partial charge on any atom is -0.490 e. The van der Waals surface area contributed by atoms with E-state index in [2.05, 4.69) is 4.98 Å². The van der Waals surface area contributed by atoms with Gasteiger partial charge in [-0.2, -0.15) is 5.26 Å². The van der Waals surface area contributed by atoms with E-state index in [1.807, 2.05) is 6.07 Å². The lowest BCUT2D eigenvalue weighted by atomic mass is 9.91. The molecule has 1 aromatic heterocycles. The van der Waals surface area contributed by atoms with Gasteiger partial charge in [0.05, 0.1) is 13.1 Å². The van der Waals surface area contributed by atoms with Gasteiger partial charge in [0.25, 0.3) is 6.43 Å². The summed E-state index contributed by atoms with van der Waals surface area (Å²) in [6, 6.07) is 1.92. The Morgan fingerprint density at radius 2 is 2.32 bits per heavy atom. The molecule has 5 nitrogen and oxygen atoms in total. The van der Waals surface area contributed by atoms with E-state index in [9.17, 15) is 18.0 Å². The zero-order valence-electron chi connectivity index (χ0n) is 11.9. The molecule has 1 aromatic rings. The molecule has 0 aromatic carbocycles. The Morgan fingerprint density at radius 1 is 1.59 bits per heavy atom. The Morgan fingerprint density at radius 3 is 2.91 bits per heavy atom. The largest absolute Gasteiger partial charge is 0.490 e. The van der Waals surface area contributed by atoms with Crippen LogP contribution in [0.4, 0.5) is 13.2 Å². The Bertz CT molecular complexity index is 618. The Labute approximate surface area is 125 Å². The van der Waals surface area contributed by atoms with Crippen molar-refractivity contribution in [1.82, 2.24) is 9.88 Å². The number of pyridine rings is 1. The van der Waals surface area contributed by atoms with E-state index in [-0.39, 0.29) is 31.0 Å². The second-order valence-electron chi connectivity index (χ2n) is 5.21. The molecule has 1 atom stereocenters. The van der Waals surface area contributed by atoms with Gasteiger partial charge in [-0.25, -0.2) is 13.2 Å². The van der Waals surface area contributed by atoms with Crippen molar-refractivity contribution in [3.8, 4) is 11.8 Å². The number of nitrogens with zero attached hydrogens (tertiary/aromatic N) is 3. The zero-order valence-corrected chi connectivity index (χ0v) is 11.9. The van der Waals surface area contributed by atoms with Crippen LogP contribution in [0.25, 0.3) is 0 Å². The van der Waals surface area contributed by atoms with Crippen LogP contribution in [-0.4, -0.2) is 42.0 Å². The average Bonchev–Trinajstić information content (AvgIpc) is 2.74. The number of halogens is 3. The Kier molecular flexibility index (Phi) is 4.54. The summed E-state index contributed by atoms with van der Waals surface area (Å²) in [4.78, 5) is 17.2. The summed E-state index contributed by atoms with van der Waals surface area (Å²) < 4.78 is 44.5. The minimum absolute atomic E-state index is 0.0285. The molecule has 118 valence electrons. The first-order valence-electron chi connectivity index (χ1n) is 6.57. The fourth-order valence-corrected chi connectivity index (χ4v) is 2.14. The predicted octanol–water partition coefficient (Wildman–Crippen LogP) is 1.92. The van der Waals surface area contributed by atoms with Crippen molar-refractivity contribution in [2.45, 2.75) is 19.9 Å². The molecule has 1 aliphatic rings.